The fourth-order valence-electron chi connectivity index (χ4n) is 1.22. The lowest BCUT2D eigenvalue weighted by Gasteiger charge is -2.23. The number of aliphatic hydroxyl groups is 1. The largest absolute Gasteiger partial charge is 0.398 e. The van der Waals surface area contributed by atoms with Gasteiger partial charge in [0, 0.05) is 11.3 Å². The van der Waals surface area contributed by atoms with Crippen molar-refractivity contribution in [3.05, 3.63) is 29.1 Å². The van der Waals surface area contributed by atoms with Gasteiger partial charge in [-0.2, -0.15) is 0 Å². The third kappa shape index (κ3) is 1.86. The van der Waals surface area contributed by atoms with Gasteiger partial charge >= 0.3 is 0 Å². The van der Waals surface area contributed by atoms with Crippen molar-refractivity contribution in [2.75, 3.05) is 12.3 Å². The first-order chi connectivity index (χ1) is 6.38. The molecule has 78 valence electrons. The number of halogens is 1. The molecule has 0 fully saturated rings. The number of aliphatic hydroxyl groups excluding tert-OH is 1. The van der Waals surface area contributed by atoms with Gasteiger partial charge in [-0.3, -0.25) is 0 Å². The molecular formula is C10H15FN2O. The SMILES string of the molecule is Cc1cc([C@](C)(N)CO)c(F)cc1N. The van der Waals surface area contributed by atoms with E-state index in [1.165, 1.54) is 6.07 Å². The van der Waals surface area contributed by atoms with Crippen LogP contribution in [0.15, 0.2) is 12.1 Å². The number of rotatable bonds is 2. The molecule has 0 aromatic heterocycles. The standard InChI is InChI=1S/C10H15FN2O/c1-6-3-7(10(2,13)5-14)8(11)4-9(6)12/h3-4,14H,5,12-13H2,1-2H3/t10-/m1/s1. The Kier molecular flexibility index (Phi) is 2.78. The van der Waals surface area contributed by atoms with Gasteiger partial charge in [-0.1, -0.05) is 0 Å². The number of nitrogen functional groups attached to an aromatic ring is 1. The summed E-state index contributed by atoms with van der Waals surface area (Å²) in [6, 6.07) is 2.80. The van der Waals surface area contributed by atoms with E-state index in [4.69, 9.17) is 16.6 Å². The molecule has 0 radical (unpaired) electrons. The predicted molar refractivity (Wildman–Crippen MR) is 54.2 cm³/mol. The second-order valence-electron chi connectivity index (χ2n) is 3.76. The van der Waals surface area contributed by atoms with Crippen LogP contribution < -0.4 is 11.5 Å². The number of anilines is 1. The maximum Gasteiger partial charge on any atom is 0.130 e. The molecule has 5 N–H and O–H groups in total. The summed E-state index contributed by atoms with van der Waals surface area (Å²) in [6.45, 7) is 3.03. The molecule has 0 saturated carbocycles. The fraction of sp³-hybridized carbons (Fsp3) is 0.400. The Balaban J connectivity index is 3.29. The molecule has 0 bridgehead atoms. The van der Waals surface area contributed by atoms with E-state index in [0.29, 0.717) is 5.69 Å². The topological polar surface area (TPSA) is 72.3 Å². The van der Waals surface area contributed by atoms with Crippen molar-refractivity contribution >= 4 is 5.69 Å². The summed E-state index contributed by atoms with van der Waals surface area (Å²) in [5.41, 5.74) is 11.6. The Hall–Kier alpha value is -1.13. The normalized spacial score (nSPS) is 15.2. The summed E-state index contributed by atoms with van der Waals surface area (Å²) in [7, 11) is 0. The number of hydrogen-bond acceptors (Lipinski definition) is 3. The maximum atomic E-state index is 13.4. The lowest BCUT2D eigenvalue weighted by molar-refractivity contribution is 0.206. The Labute approximate surface area is 82.5 Å². The minimum Gasteiger partial charge on any atom is -0.398 e. The molecule has 0 aliphatic rings. The van der Waals surface area contributed by atoms with E-state index < -0.39 is 11.4 Å². The quantitative estimate of drug-likeness (QED) is 0.618. The Morgan fingerprint density at radius 2 is 2.07 bits per heavy atom. The maximum absolute atomic E-state index is 13.4. The van der Waals surface area contributed by atoms with Crippen LogP contribution in [0, 0.1) is 12.7 Å². The number of benzene rings is 1. The number of nitrogens with two attached hydrogens (primary N) is 2. The highest BCUT2D eigenvalue weighted by molar-refractivity contribution is 5.49. The van der Waals surface area contributed by atoms with Crippen LogP contribution in [0.5, 0.6) is 0 Å². The Morgan fingerprint density at radius 1 is 1.50 bits per heavy atom. The average Bonchev–Trinajstić information content (AvgIpc) is 2.11. The van der Waals surface area contributed by atoms with Crippen LogP contribution in [-0.2, 0) is 5.54 Å². The molecule has 1 atom stereocenters. The first kappa shape index (κ1) is 10.9. The zero-order valence-electron chi connectivity index (χ0n) is 8.34. The summed E-state index contributed by atoms with van der Waals surface area (Å²) < 4.78 is 13.4. The van der Waals surface area contributed by atoms with Crippen LogP contribution in [-0.4, -0.2) is 11.7 Å². The van der Waals surface area contributed by atoms with Crippen molar-refractivity contribution in [3.63, 3.8) is 0 Å². The van der Waals surface area contributed by atoms with E-state index in [-0.39, 0.29) is 12.2 Å². The molecule has 0 spiro atoms. The molecular weight excluding hydrogens is 183 g/mol. The molecule has 3 nitrogen and oxygen atoms in total. The van der Waals surface area contributed by atoms with Crippen LogP contribution in [0.1, 0.15) is 18.1 Å². The first-order valence-corrected chi connectivity index (χ1v) is 4.34. The minimum absolute atomic E-state index is 0.284. The van der Waals surface area contributed by atoms with Crippen molar-refractivity contribution in [1.82, 2.24) is 0 Å². The summed E-state index contributed by atoms with van der Waals surface area (Å²) >= 11 is 0. The molecule has 0 amide bonds. The van der Waals surface area contributed by atoms with Gasteiger partial charge in [0.15, 0.2) is 0 Å². The third-order valence-electron chi connectivity index (χ3n) is 2.30. The highest BCUT2D eigenvalue weighted by Gasteiger charge is 2.24. The molecule has 1 aromatic rings. The zero-order chi connectivity index (χ0) is 10.9. The average molecular weight is 198 g/mol. The van der Waals surface area contributed by atoms with E-state index in [9.17, 15) is 4.39 Å². The Morgan fingerprint density at radius 3 is 2.57 bits per heavy atom. The van der Waals surface area contributed by atoms with Gasteiger partial charge in [0.2, 0.25) is 0 Å². The number of hydrogen-bond donors (Lipinski definition) is 3. The summed E-state index contributed by atoms with van der Waals surface area (Å²) in [5.74, 6) is -0.479. The van der Waals surface area contributed by atoms with E-state index in [1.807, 2.05) is 0 Å². The van der Waals surface area contributed by atoms with Crippen molar-refractivity contribution < 1.29 is 9.50 Å². The molecule has 4 heteroatoms. The predicted octanol–water partition coefficient (Wildman–Crippen LogP) is 0.883. The summed E-state index contributed by atoms with van der Waals surface area (Å²) in [5, 5.41) is 9.01. The van der Waals surface area contributed by atoms with Crippen LogP contribution in [0.4, 0.5) is 10.1 Å². The van der Waals surface area contributed by atoms with Crippen molar-refractivity contribution in [2.24, 2.45) is 5.73 Å². The van der Waals surface area contributed by atoms with Crippen molar-refractivity contribution in [3.8, 4) is 0 Å². The van der Waals surface area contributed by atoms with Crippen LogP contribution in [0.3, 0.4) is 0 Å². The van der Waals surface area contributed by atoms with Gasteiger partial charge in [-0.25, -0.2) is 4.39 Å². The van der Waals surface area contributed by atoms with Gasteiger partial charge < -0.3 is 16.6 Å². The second-order valence-corrected chi connectivity index (χ2v) is 3.76. The van der Waals surface area contributed by atoms with E-state index in [0.717, 1.165) is 5.56 Å². The van der Waals surface area contributed by atoms with Gasteiger partial charge in [-0.15, -0.1) is 0 Å². The van der Waals surface area contributed by atoms with E-state index in [2.05, 4.69) is 0 Å². The van der Waals surface area contributed by atoms with Crippen LogP contribution in [0.2, 0.25) is 0 Å². The summed E-state index contributed by atoms with van der Waals surface area (Å²) in [4.78, 5) is 0. The smallest absolute Gasteiger partial charge is 0.130 e. The second kappa shape index (κ2) is 3.55. The molecule has 0 unspecified atom stereocenters. The van der Waals surface area contributed by atoms with Gasteiger partial charge in [-0.05, 0) is 31.5 Å². The van der Waals surface area contributed by atoms with Crippen LogP contribution >= 0.6 is 0 Å². The molecule has 0 saturated heterocycles. The minimum atomic E-state index is -1.07. The van der Waals surface area contributed by atoms with Gasteiger partial charge in [0.1, 0.15) is 5.82 Å². The van der Waals surface area contributed by atoms with Crippen molar-refractivity contribution in [1.29, 1.82) is 0 Å². The zero-order valence-corrected chi connectivity index (χ0v) is 8.34. The molecule has 0 aliphatic carbocycles. The van der Waals surface area contributed by atoms with E-state index in [1.54, 1.807) is 19.9 Å². The Bertz CT molecular complexity index is 350. The molecule has 1 aromatic carbocycles. The molecule has 14 heavy (non-hydrogen) atoms. The lowest BCUT2D eigenvalue weighted by Crippen LogP contribution is -2.38. The van der Waals surface area contributed by atoms with E-state index >= 15 is 0 Å². The monoisotopic (exact) mass is 198 g/mol. The lowest BCUT2D eigenvalue weighted by atomic mass is 9.92. The molecule has 0 aliphatic heterocycles. The molecule has 0 heterocycles. The highest BCUT2D eigenvalue weighted by Crippen LogP contribution is 2.25. The fourth-order valence-corrected chi connectivity index (χ4v) is 1.22. The first-order valence-electron chi connectivity index (χ1n) is 4.34. The molecule has 1 rings (SSSR count). The van der Waals surface area contributed by atoms with Gasteiger partial charge in [0.25, 0.3) is 0 Å². The summed E-state index contributed by atoms with van der Waals surface area (Å²) in [6.07, 6.45) is 0. The van der Waals surface area contributed by atoms with Gasteiger partial charge in [0.05, 0.1) is 12.1 Å². The highest BCUT2D eigenvalue weighted by atomic mass is 19.1. The van der Waals surface area contributed by atoms with Crippen LogP contribution in [0.25, 0.3) is 0 Å². The number of aryl methyl sites for hydroxylation is 1. The third-order valence-corrected chi connectivity index (χ3v) is 2.30. The van der Waals surface area contributed by atoms with Crippen molar-refractivity contribution in [2.45, 2.75) is 19.4 Å².